The second-order valence-electron chi connectivity index (χ2n) is 5.32. The Morgan fingerprint density at radius 2 is 1.04 bits per heavy atom. The molecule has 0 bridgehead atoms. The fourth-order valence-electron chi connectivity index (χ4n) is 2.43. The van der Waals surface area contributed by atoms with Gasteiger partial charge in [-0.15, -0.1) is 0 Å². The van der Waals surface area contributed by atoms with Gasteiger partial charge >= 0.3 is 143 Å². The fourth-order valence-corrected chi connectivity index (χ4v) is 5.02. The topological polar surface area (TPSA) is 18.5 Å². The molecule has 3 aromatic rings. The molecule has 1 aromatic heterocycles. The van der Waals surface area contributed by atoms with E-state index in [2.05, 4.69) is 43.3 Å². The van der Waals surface area contributed by atoms with Gasteiger partial charge in [-0.2, -0.15) is 0 Å². The van der Waals surface area contributed by atoms with E-state index in [1.54, 1.807) is 14.2 Å². The third-order valence-electron chi connectivity index (χ3n) is 3.69. The summed E-state index contributed by atoms with van der Waals surface area (Å²) >= 11 is 0.280. The molecule has 0 saturated heterocycles. The van der Waals surface area contributed by atoms with E-state index in [-0.39, 0.29) is 14.5 Å². The maximum absolute atomic E-state index is 5.25. The molecule has 0 aliphatic heterocycles. The van der Waals surface area contributed by atoms with Crippen molar-refractivity contribution in [3.05, 3.63) is 66.2 Å². The molecule has 23 heavy (non-hydrogen) atoms. The third-order valence-corrected chi connectivity index (χ3v) is 6.09. The molecule has 3 rings (SSSR count). The molecule has 0 aliphatic carbocycles. The van der Waals surface area contributed by atoms with E-state index in [0.717, 1.165) is 11.5 Å². The van der Waals surface area contributed by atoms with Crippen molar-refractivity contribution < 1.29 is 9.47 Å². The van der Waals surface area contributed by atoms with Gasteiger partial charge in [-0.25, -0.2) is 0 Å². The molecule has 0 unspecified atom stereocenters. The van der Waals surface area contributed by atoms with Crippen LogP contribution in [0.3, 0.4) is 0 Å². The quantitative estimate of drug-likeness (QED) is 0.621. The third kappa shape index (κ3) is 3.64. The fraction of sp³-hybridized carbons (Fsp3) is 0.150. The van der Waals surface area contributed by atoms with Crippen LogP contribution in [-0.4, -0.2) is 28.7 Å². The summed E-state index contributed by atoms with van der Waals surface area (Å²) in [6.45, 7) is 2.16. The molecule has 2 nitrogen and oxygen atoms in total. The Kier molecular flexibility index (Phi) is 4.80. The summed E-state index contributed by atoms with van der Waals surface area (Å²) in [7, 11) is 3.39. The Hall–Kier alpha value is -2.09. The zero-order chi connectivity index (χ0) is 16.2. The van der Waals surface area contributed by atoms with Gasteiger partial charge in [-0.1, -0.05) is 0 Å². The number of hydrogen-bond donors (Lipinski definition) is 0. The Balaban J connectivity index is 2.00. The average Bonchev–Trinajstić information content (AvgIpc) is 2.61. The van der Waals surface area contributed by atoms with Crippen LogP contribution in [0.2, 0.25) is 0 Å². The molecular formula is C20H19O2Se+. The molecule has 0 radical (unpaired) electrons. The minimum absolute atomic E-state index is 0.280. The number of ether oxygens (including phenoxy) is 2. The summed E-state index contributed by atoms with van der Waals surface area (Å²) in [4.78, 5) is 0. The van der Waals surface area contributed by atoms with Crippen LogP contribution in [0.25, 0.3) is 20.0 Å². The monoisotopic (exact) mass is 371 g/mol. The van der Waals surface area contributed by atoms with Crippen LogP contribution >= 0.6 is 0 Å². The summed E-state index contributed by atoms with van der Waals surface area (Å²) in [5, 5.41) is 0. The molecule has 2 aromatic carbocycles. The summed E-state index contributed by atoms with van der Waals surface area (Å²) in [6.07, 6.45) is 0. The molecule has 0 N–H and O–H groups in total. The first-order valence-electron chi connectivity index (χ1n) is 7.43. The predicted octanol–water partition coefficient (Wildman–Crippen LogP) is 4.68. The van der Waals surface area contributed by atoms with Crippen molar-refractivity contribution in [1.29, 1.82) is 0 Å². The Morgan fingerprint density at radius 1 is 0.652 bits per heavy atom. The van der Waals surface area contributed by atoms with Crippen LogP contribution < -0.4 is 9.47 Å². The second kappa shape index (κ2) is 6.99. The maximum atomic E-state index is 5.25. The van der Waals surface area contributed by atoms with E-state index in [0.29, 0.717) is 0 Å². The van der Waals surface area contributed by atoms with Crippen LogP contribution in [0, 0.1) is 6.92 Å². The van der Waals surface area contributed by atoms with Crippen molar-refractivity contribution in [3.8, 4) is 31.5 Å². The van der Waals surface area contributed by atoms with Gasteiger partial charge in [0.2, 0.25) is 0 Å². The number of aryl methyl sites for hydroxylation is 1. The predicted molar refractivity (Wildman–Crippen MR) is 96.5 cm³/mol. The van der Waals surface area contributed by atoms with Crippen molar-refractivity contribution in [1.82, 2.24) is 0 Å². The summed E-state index contributed by atoms with van der Waals surface area (Å²) in [6, 6.07) is 21.2. The summed E-state index contributed by atoms with van der Waals surface area (Å²) in [5.74, 6) is 1.79. The minimum atomic E-state index is 0.280. The van der Waals surface area contributed by atoms with Crippen molar-refractivity contribution >= 4 is 14.5 Å². The molecule has 0 saturated carbocycles. The van der Waals surface area contributed by atoms with Crippen LogP contribution in [-0.2, 0) is 0 Å². The number of rotatable bonds is 4. The average molecular weight is 370 g/mol. The zero-order valence-corrected chi connectivity index (χ0v) is 15.2. The Labute approximate surface area is 143 Å². The Bertz CT molecular complexity index is 727. The van der Waals surface area contributed by atoms with Crippen LogP contribution in [0.1, 0.15) is 5.56 Å². The van der Waals surface area contributed by atoms with E-state index in [1.807, 2.05) is 24.3 Å². The van der Waals surface area contributed by atoms with Crippen LogP contribution in [0.15, 0.2) is 60.7 Å². The second-order valence-corrected chi connectivity index (χ2v) is 7.59. The molecule has 0 aliphatic rings. The number of methoxy groups -OCH3 is 2. The zero-order valence-electron chi connectivity index (χ0n) is 13.5. The molecule has 0 atom stereocenters. The number of hydrogen-bond acceptors (Lipinski definition) is 2. The van der Waals surface area contributed by atoms with Gasteiger partial charge in [-0.05, 0) is 0 Å². The van der Waals surface area contributed by atoms with Gasteiger partial charge in [0.1, 0.15) is 0 Å². The molecule has 0 spiro atoms. The van der Waals surface area contributed by atoms with E-state index >= 15 is 0 Å². The van der Waals surface area contributed by atoms with Gasteiger partial charge in [-0.3, -0.25) is 0 Å². The van der Waals surface area contributed by atoms with E-state index in [1.165, 1.54) is 25.6 Å². The molecule has 0 fully saturated rings. The first-order valence-corrected chi connectivity index (χ1v) is 9.14. The standard InChI is InChI=1S/C20H19O2Se/c1-14-12-19(15-4-8-17(21-2)9-5-15)23-20(13-14)16-6-10-18(22-3)11-7-16/h4-13H,1-3H3/q+1. The molecular weight excluding hydrogens is 351 g/mol. The molecule has 3 heteroatoms. The van der Waals surface area contributed by atoms with E-state index in [9.17, 15) is 0 Å². The van der Waals surface area contributed by atoms with E-state index < -0.39 is 0 Å². The summed E-state index contributed by atoms with van der Waals surface area (Å²) in [5.41, 5.74) is 3.82. The van der Waals surface area contributed by atoms with Crippen molar-refractivity contribution in [2.45, 2.75) is 6.92 Å². The first kappa shape index (κ1) is 15.8. The van der Waals surface area contributed by atoms with Crippen molar-refractivity contribution in [3.63, 3.8) is 0 Å². The van der Waals surface area contributed by atoms with Gasteiger partial charge in [0.05, 0.1) is 0 Å². The van der Waals surface area contributed by atoms with Gasteiger partial charge in [0, 0.05) is 0 Å². The van der Waals surface area contributed by atoms with Crippen molar-refractivity contribution in [2.24, 2.45) is 0 Å². The molecule has 116 valence electrons. The van der Waals surface area contributed by atoms with Crippen molar-refractivity contribution in [2.75, 3.05) is 14.2 Å². The van der Waals surface area contributed by atoms with Gasteiger partial charge in [0.25, 0.3) is 0 Å². The molecule has 1 heterocycles. The molecule has 0 amide bonds. The SMILES string of the molecule is COc1ccc(-c2cc(C)cc(-c3ccc(OC)cc3)[se+]2)cc1. The van der Waals surface area contributed by atoms with Gasteiger partial charge in [0.15, 0.2) is 0 Å². The van der Waals surface area contributed by atoms with Crippen LogP contribution in [0.5, 0.6) is 11.5 Å². The first-order chi connectivity index (χ1) is 11.2. The van der Waals surface area contributed by atoms with E-state index in [4.69, 9.17) is 9.47 Å². The summed E-state index contributed by atoms with van der Waals surface area (Å²) < 4.78 is 13.3. The normalized spacial score (nSPS) is 10.4. The Morgan fingerprint density at radius 3 is 1.39 bits per heavy atom. The van der Waals surface area contributed by atoms with Gasteiger partial charge < -0.3 is 0 Å². The number of benzene rings is 2. The van der Waals surface area contributed by atoms with Crippen LogP contribution in [0.4, 0.5) is 0 Å².